The fraction of sp³-hybridized carbons (Fsp3) is 0.421. The maximum Gasteiger partial charge on any atom is 0.514 e. The second kappa shape index (κ2) is 8.29. The second-order valence-corrected chi connectivity index (χ2v) is 6.51. The first-order valence-electron chi connectivity index (χ1n) is 9.00. The molecule has 2 atom stereocenters. The largest absolute Gasteiger partial charge is 0.514 e. The van der Waals surface area contributed by atoms with Crippen LogP contribution in [0.25, 0.3) is 0 Å². The monoisotopic (exact) mass is 405 g/mol. The van der Waals surface area contributed by atoms with E-state index in [0.717, 1.165) is 0 Å². The van der Waals surface area contributed by atoms with Gasteiger partial charge < -0.3 is 29.0 Å². The van der Waals surface area contributed by atoms with Crippen molar-refractivity contribution in [1.82, 2.24) is 10.2 Å². The third-order valence-electron chi connectivity index (χ3n) is 4.56. The molecular weight excluding hydrogens is 382 g/mol. The Morgan fingerprint density at radius 2 is 2.14 bits per heavy atom. The van der Waals surface area contributed by atoms with E-state index in [1.54, 1.807) is 46.3 Å². The van der Waals surface area contributed by atoms with E-state index in [1.807, 2.05) is 0 Å². The van der Waals surface area contributed by atoms with Crippen LogP contribution in [0.15, 0.2) is 24.4 Å². The van der Waals surface area contributed by atoms with Crippen molar-refractivity contribution in [3.63, 3.8) is 0 Å². The van der Waals surface area contributed by atoms with Gasteiger partial charge in [-0.05, 0) is 32.0 Å². The summed E-state index contributed by atoms with van der Waals surface area (Å²) < 4.78 is 26.2. The smallest absolute Gasteiger partial charge is 0.497 e. The van der Waals surface area contributed by atoms with Gasteiger partial charge in [0.2, 0.25) is 0 Å². The first-order chi connectivity index (χ1) is 13.9. The number of hydrogen-bond acceptors (Lipinski definition) is 9. The summed E-state index contributed by atoms with van der Waals surface area (Å²) in [5.74, 6) is 1.11. The number of H-pyrrole nitrogens is 1. The number of carbonyl (C=O) groups is 2. The topological polar surface area (TPSA) is 121 Å². The Bertz CT molecular complexity index is 898. The van der Waals surface area contributed by atoms with Crippen molar-refractivity contribution < 1.29 is 33.3 Å². The van der Waals surface area contributed by atoms with E-state index in [2.05, 4.69) is 15.5 Å². The van der Waals surface area contributed by atoms with Gasteiger partial charge in [-0.2, -0.15) is 5.10 Å². The highest BCUT2D eigenvalue weighted by molar-refractivity contribution is 5.83. The summed E-state index contributed by atoms with van der Waals surface area (Å²) in [4.78, 5) is 24.1. The summed E-state index contributed by atoms with van der Waals surface area (Å²) in [5.41, 5.74) is -0.263. The van der Waals surface area contributed by atoms with Gasteiger partial charge in [0, 0.05) is 12.0 Å². The van der Waals surface area contributed by atoms with E-state index in [4.69, 9.17) is 23.7 Å². The van der Waals surface area contributed by atoms with Gasteiger partial charge in [0.15, 0.2) is 11.6 Å². The lowest BCUT2D eigenvalue weighted by atomic mass is 9.90. The van der Waals surface area contributed by atoms with Crippen molar-refractivity contribution in [3.05, 3.63) is 30.0 Å². The number of cyclic esters (lactones) is 1. The van der Waals surface area contributed by atoms with Crippen LogP contribution in [0.5, 0.6) is 17.2 Å². The second-order valence-electron chi connectivity index (χ2n) is 6.51. The van der Waals surface area contributed by atoms with Crippen LogP contribution in [0.4, 0.5) is 10.6 Å². The zero-order valence-corrected chi connectivity index (χ0v) is 16.6. The number of hydrogen-bond donors (Lipinski definition) is 2. The van der Waals surface area contributed by atoms with Gasteiger partial charge in [0.05, 0.1) is 27.0 Å². The zero-order chi connectivity index (χ0) is 21.0. The van der Waals surface area contributed by atoms with Gasteiger partial charge in [-0.15, -0.1) is 0 Å². The van der Waals surface area contributed by atoms with Crippen molar-refractivity contribution in [2.75, 3.05) is 26.1 Å². The maximum atomic E-state index is 12.6. The van der Waals surface area contributed by atoms with Crippen LogP contribution >= 0.6 is 0 Å². The van der Waals surface area contributed by atoms with Crippen LogP contribution in [0.2, 0.25) is 0 Å². The molecule has 1 aromatic carbocycles. The molecule has 1 aliphatic rings. The number of rotatable bonds is 7. The van der Waals surface area contributed by atoms with Crippen molar-refractivity contribution in [2.24, 2.45) is 0 Å². The molecule has 0 saturated carbocycles. The number of ether oxygens (including phenoxy) is 5. The zero-order valence-electron chi connectivity index (χ0n) is 16.6. The molecule has 2 aromatic rings. The van der Waals surface area contributed by atoms with Crippen molar-refractivity contribution in [1.29, 1.82) is 0 Å². The molecule has 1 fully saturated rings. The first kappa shape index (κ1) is 20.3. The number of carbonyl (C=O) groups excluding carboxylic acids is 2. The van der Waals surface area contributed by atoms with Gasteiger partial charge in [-0.1, -0.05) is 0 Å². The highest BCUT2D eigenvalue weighted by Crippen LogP contribution is 2.43. The van der Waals surface area contributed by atoms with Gasteiger partial charge in [0.25, 0.3) is 0 Å². The number of benzene rings is 1. The highest BCUT2D eigenvalue weighted by Gasteiger charge is 2.46. The first-order valence-corrected chi connectivity index (χ1v) is 9.00. The Kier molecular flexibility index (Phi) is 5.81. The number of esters is 1. The molecule has 10 nitrogen and oxygen atoms in total. The molecular formula is C19H23N3O7. The van der Waals surface area contributed by atoms with Crippen molar-refractivity contribution >= 4 is 17.9 Å². The van der Waals surface area contributed by atoms with Gasteiger partial charge in [0.1, 0.15) is 23.1 Å². The number of nitrogens with zero attached hydrogens (tertiary/aromatic N) is 1. The molecule has 0 amide bonds. The predicted octanol–water partition coefficient (Wildman–Crippen LogP) is 2.61. The lowest BCUT2D eigenvalue weighted by molar-refractivity contribution is -0.148. The molecule has 0 spiro atoms. The van der Waals surface area contributed by atoms with Crippen LogP contribution in [0, 0.1) is 0 Å². The van der Waals surface area contributed by atoms with Crippen LogP contribution < -0.4 is 19.5 Å². The lowest BCUT2D eigenvalue weighted by Gasteiger charge is -2.25. The Morgan fingerprint density at radius 1 is 1.34 bits per heavy atom. The van der Waals surface area contributed by atoms with Gasteiger partial charge >= 0.3 is 12.1 Å². The molecule has 29 heavy (non-hydrogen) atoms. The fourth-order valence-electron chi connectivity index (χ4n) is 3.18. The number of aromatic amines is 1. The van der Waals surface area contributed by atoms with Crippen LogP contribution in [-0.4, -0.2) is 49.2 Å². The quantitative estimate of drug-likeness (QED) is 0.669. The van der Waals surface area contributed by atoms with E-state index in [0.29, 0.717) is 23.5 Å². The molecule has 1 saturated heterocycles. The Hall–Kier alpha value is -3.43. The standard InChI is InChI=1S/C19H23N3O7/c1-5-27-18(24)28-15-10-20-22-16(15)21-13-9-19(2,29-17(13)23)12-8-11(25-3)6-7-14(12)26-4/h6-8,10,13H,5,9H2,1-4H3,(H2,20,21,22). The van der Waals surface area contributed by atoms with Crippen LogP contribution in [0.3, 0.4) is 0 Å². The van der Waals surface area contributed by atoms with Crippen molar-refractivity contribution in [2.45, 2.75) is 31.9 Å². The Morgan fingerprint density at radius 3 is 2.83 bits per heavy atom. The molecule has 0 aliphatic carbocycles. The summed E-state index contributed by atoms with van der Waals surface area (Å²) in [6.07, 6.45) is 0.744. The average molecular weight is 405 g/mol. The minimum absolute atomic E-state index is 0.115. The predicted molar refractivity (Wildman–Crippen MR) is 101 cm³/mol. The summed E-state index contributed by atoms with van der Waals surface area (Å²) in [5, 5.41) is 9.48. The van der Waals surface area contributed by atoms with Crippen molar-refractivity contribution in [3.8, 4) is 17.2 Å². The average Bonchev–Trinajstić information content (AvgIpc) is 3.25. The summed E-state index contributed by atoms with van der Waals surface area (Å²) >= 11 is 0. The molecule has 2 N–H and O–H groups in total. The number of nitrogens with one attached hydrogen (secondary N) is 2. The van der Waals surface area contributed by atoms with E-state index in [1.165, 1.54) is 6.20 Å². The van der Waals surface area contributed by atoms with Crippen LogP contribution in [0.1, 0.15) is 25.8 Å². The molecule has 10 heteroatoms. The minimum Gasteiger partial charge on any atom is -0.497 e. The normalized spacial score (nSPS) is 20.7. The molecule has 156 valence electrons. The van der Waals surface area contributed by atoms with E-state index >= 15 is 0 Å². The number of methoxy groups -OCH3 is 2. The Labute approximate surface area is 167 Å². The third kappa shape index (κ3) is 4.20. The molecule has 0 radical (unpaired) electrons. The molecule has 1 aromatic heterocycles. The van der Waals surface area contributed by atoms with Gasteiger partial charge in [-0.25, -0.2) is 9.59 Å². The fourth-order valence-corrected chi connectivity index (χ4v) is 3.18. The maximum absolute atomic E-state index is 12.6. The molecule has 1 aliphatic heterocycles. The molecule has 0 bridgehead atoms. The molecule has 3 rings (SSSR count). The number of aromatic nitrogens is 2. The third-order valence-corrected chi connectivity index (χ3v) is 4.56. The van der Waals surface area contributed by atoms with E-state index in [9.17, 15) is 9.59 Å². The molecule has 2 unspecified atom stereocenters. The number of anilines is 1. The van der Waals surface area contributed by atoms with E-state index in [-0.39, 0.29) is 18.2 Å². The van der Waals surface area contributed by atoms with Gasteiger partial charge in [-0.3, -0.25) is 5.10 Å². The highest BCUT2D eigenvalue weighted by atomic mass is 16.7. The minimum atomic E-state index is -0.948. The molecule has 2 heterocycles. The summed E-state index contributed by atoms with van der Waals surface area (Å²) in [6, 6.07) is 4.59. The van der Waals surface area contributed by atoms with Crippen LogP contribution in [-0.2, 0) is 19.9 Å². The Balaban J connectivity index is 1.80. The lowest BCUT2D eigenvalue weighted by Crippen LogP contribution is -2.26. The summed E-state index contributed by atoms with van der Waals surface area (Å²) in [7, 11) is 3.10. The van der Waals surface area contributed by atoms with E-state index < -0.39 is 23.8 Å². The summed E-state index contributed by atoms with van der Waals surface area (Å²) in [6.45, 7) is 3.64. The SMILES string of the molecule is CCOC(=O)Oc1cn[nH]c1NC1CC(C)(c2cc(OC)ccc2OC)OC1=O.